The molecule has 0 bridgehead atoms. The molecule has 0 aliphatic carbocycles. The quantitative estimate of drug-likeness (QED) is 0.807. The Balaban J connectivity index is 2.25. The van der Waals surface area contributed by atoms with E-state index in [1.165, 1.54) is 5.56 Å². The number of benzene rings is 2. The number of nitrogens with two attached hydrogens (primary N) is 1. The van der Waals surface area contributed by atoms with E-state index < -0.39 is 0 Å². The predicted molar refractivity (Wildman–Crippen MR) is 88.0 cm³/mol. The molecule has 2 rings (SSSR count). The molecule has 0 spiro atoms. The van der Waals surface area contributed by atoms with Crippen LogP contribution < -0.4 is 5.73 Å². The average Bonchev–Trinajstić information content (AvgIpc) is 2.41. The van der Waals surface area contributed by atoms with Crippen molar-refractivity contribution in [2.24, 2.45) is 5.73 Å². The average molecular weight is 329 g/mol. The van der Waals surface area contributed by atoms with Crippen molar-refractivity contribution in [3.63, 3.8) is 0 Å². The van der Waals surface area contributed by atoms with E-state index in [1.54, 1.807) is 0 Å². The molecule has 20 heavy (non-hydrogen) atoms. The van der Waals surface area contributed by atoms with Crippen molar-refractivity contribution in [2.45, 2.75) is 25.3 Å². The van der Waals surface area contributed by atoms with Crippen LogP contribution in [0.5, 0.6) is 0 Å². The van der Waals surface area contributed by atoms with Crippen LogP contribution in [0, 0.1) is 0 Å². The molecule has 0 radical (unpaired) electrons. The van der Waals surface area contributed by atoms with Crippen molar-refractivity contribution in [2.75, 3.05) is 0 Å². The molecule has 0 aliphatic rings. The van der Waals surface area contributed by atoms with Crippen molar-refractivity contribution in [1.29, 1.82) is 0 Å². The van der Waals surface area contributed by atoms with E-state index in [9.17, 15) is 0 Å². The Labute approximate surface area is 134 Å². The zero-order valence-corrected chi connectivity index (χ0v) is 13.4. The van der Waals surface area contributed by atoms with Crippen molar-refractivity contribution >= 4 is 34.8 Å². The molecule has 0 heterocycles. The summed E-state index contributed by atoms with van der Waals surface area (Å²) in [7, 11) is 0. The maximum Gasteiger partial charge on any atom is 0.0595 e. The monoisotopic (exact) mass is 327 g/mol. The summed E-state index contributed by atoms with van der Waals surface area (Å²) in [5.74, 6) is 0.213. The highest BCUT2D eigenvalue weighted by Crippen LogP contribution is 2.28. The number of rotatable bonds is 4. The van der Waals surface area contributed by atoms with Crippen LogP contribution in [-0.4, -0.2) is 6.04 Å². The minimum absolute atomic E-state index is 0.0330. The molecule has 1 nitrogen and oxygen atoms in total. The highest BCUT2D eigenvalue weighted by atomic mass is 35.5. The highest BCUT2D eigenvalue weighted by molar-refractivity contribution is 6.42. The molecule has 0 aliphatic heterocycles. The van der Waals surface area contributed by atoms with Crippen LogP contribution in [0.3, 0.4) is 0 Å². The summed E-state index contributed by atoms with van der Waals surface area (Å²) in [4.78, 5) is 0. The lowest BCUT2D eigenvalue weighted by Gasteiger charge is -2.21. The van der Waals surface area contributed by atoms with Gasteiger partial charge in [-0.05, 0) is 48.7 Å². The van der Waals surface area contributed by atoms with Gasteiger partial charge in [0.2, 0.25) is 0 Å². The van der Waals surface area contributed by atoms with E-state index in [0.717, 1.165) is 17.0 Å². The number of hydrogen-bond acceptors (Lipinski definition) is 1. The summed E-state index contributed by atoms with van der Waals surface area (Å²) in [5, 5.41) is 1.87. The van der Waals surface area contributed by atoms with E-state index in [4.69, 9.17) is 40.5 Å². The van der Waals surface area contributed by atoms with Gasteiger partial charge in [0.1, 0.15) is 0 Å². The van der Waals surface area contributed by atoms with Gasteiger partial charge in [-0.3, -0.25) is 0 Å². The van der Waals surface area contributed by atoms with Gasteiger partial charge >= 0.3 is 0 Å². The van der Waals surface area contributed by atoms with E-state index in [-0.39, 0.29) is 12.0 Å². The second-order valence-electron chi connectivity index (χ2n) is 4.97. The fraction of sp³-hybridized carbons (Fsp3) is 0.250. The summed E-state index contributed by atoms with van der Waals surface area (Å²) < 4.78 is 0. The van der Waals surface area contributed by atoms with E-state index >= 15 is 0 Å². The van der Waals surface area contributed by atoms with E-state index in [0.29, 0.717) is 10.0 Å². The predicted octanol–water partition coefficient (Wildman–Crippen LogP) is 5.32. The second kappa shape index (κ2) is 6.82. The molecule has 2 N–H and O–H groups in total. The van der Waals surface area contributed by atoms with Crippen molar-refractivity contribution in [1.82, 2.24) is 0 Å². The van der Waals surface area contributed by atoms with Gasteiger partial charge in [-0.2, -0.15) is 0 Å². The molecule has 2 aromatic carbocycles. The maximum absolute atomic E-state index is 6.13. The first kappa shape index (κ1) is 15.7. The van der Waals surface area contributed by atoms with Crippen LogP contribution >= 0.6 is 34.8 Å². The van der Waals surface area contributed by atoms with Crippen LogP contribution in [0.2, 0.25) is 15.1 Å². The van der Waals surface area contributed by atoms with Gasteiger partial charge in [0.15, 0.2) is 0 Å². The summed E-state index contributed by atoms with van der Waals surface area (Å²) >= 11 is 17.9. The fourth-order valence-electron chi connectivity index (χ4n) is 2.24. The van der Waals surface area contributed by atoms with Gasteiger partial charge in [0, 0.05) is 17.0 Å². The SMILES string of the molecule is CC(N)C(Cc1ccc(Cl)c(Cl)c1)c1ccc(Cl)cc1. The molecular weight excluding hydrogens is 313 g/mol. The summed E-state index contributed by atoms with van der Waals surface area (Å²) in [5.41, 5.74) is 8.43. The molecule has 106 valence electrons. The second-order valence-corrected chi connectivity index (χ2v) is 6.22. The Morgan fingerprint density at radius 1 is 0.950 bits per heavy atom. The summed E-state index contributed by atoms with van der Waals surface area (Å²) in [6.45, 7) is 2.01. The molecule has 0 saturated heterocycles. The van der Waals surface area contributed by atoms with Gasteiger partial charge in [-0.15, -0.1) is 0 Å². The van der Waals surface area contributed by atoms with Gasteiger partial charge < -0.3 is 5.73 Å². The zero-order chi connectivity index (χ0) is 14.7. The Kier molecular flexibility index (Phi) is 5.34. The number of halogens is 3. The molecule has 0 fully saturated rings. The lowest BCUT2D eigenvalue weighted by molar-refractivity contribution is 0.565. The number of hydrogen-bond donors (Lipinski definition) is 1. The fourth-order valence-corrected chi connectivity index (χ4v) is 2.68. The Bertz CT molecular complexity index is 579. The van der Waals surface area contributed by atoms with Gasteiger partial charge in [0.05, 0.1) is 10.0 Å². The minimum atomic E-state index is 0.0330. The van der Waals surface area contributed by atoms with Crippen LogP contribution in [-0.2, 0) is 6.42 Å². The topological polar surface area (TPSA) is 26.0 Å². The van der Waals surface area contributed by atoms with Crippen molar-refractivity contribution < 1.29 is 0 Å². The highest BCUT2D eigenvalue weighted by Gasteiger charge is 2.17. The lowest BCUT2D eigenvalue weighted by Crippen LogP contribution is -2.26. The van der Waals surface area contributed by atoms with E-state index in [2.05, 4.69) is 0 Å². The lowest BCUT2D eigenvalue weighted by atomic mass is 9.87. The molecule has 2 atom stereocenters. The third-order valence-electron chi connectivity index (χ3n) is 3.37. The largest absolute Gasteiger partial charge is 0.327 e. The smallest absolute Gasteiger partial charge is 0.0595 e. The summed E-state index contributed by atoms with van der Waals surface area (Å²) in [6, 6.07) is 13.6. The van der Waals surface area contributed by atoms with Gasteiger partial charge in [-0.25, -0.2) is 0 Å². The van der Waals surface area contributed by atoms with Crippen molar-refractivity contribution in [3.8, 4) is 0 Å². The Hall–Kier alpha value is -0.730. The Morgan fingerprint density at radius 3 is 2.15 bits per heavy atom. The van der Waals surface area contributed by atoms with Crippen LogP contribution in [0.1, 0.15) is 24.0 Å². The first-order chi connectivity index (χ1) is 9.47. The van der Waals surface area contributed by atoms with E-state index in [1.807, 2.05) is 49.4 Å². The molecule has 0 aromatic heterocycles. The molecule has 4 heteroatoms. The third-order valence-corrected chi connectivity index (χ3v) is 4.36. The first-order valence-electron chi connectivity index (χ1n) is 6.42. The van der Waals surface area contributed by atoms with Crippen molar-refractivity contribution in [3.05, 3.63) is 68.7 Å². The van der Waals surface area contributed by atoms with Crippen LogP contribution in [0.25, 0.3) is 0 Å². The molecule has 0 saturated carbocycles. The van der Waals surface area contributed by atoms with Gasteiger partial charge in [-0.1, -0.05) is 53.0 Å². The minimum Gasteiger partial charge on any atom is -0.327 e. The normalized spacial score (nSPS) is 14.1. The maximum atomic E-state index is 6.13. The summed E-state index contributed by atoms with van der Waals surface area (Å²) in [6.07, 6.45) is 0.816. The standard InChI is InChI=1S/C16H16Cl3N/c1-10(20)14(12-3-5-13(17)6-4-12)8-11-2-7-15(18)16(19)9-11/h2-7,9-10,14H,8,20H2,1H3. The molecule has 2 aromatic rings. The van der Waals surface area contributed by atoms with Gasteiger partial charge in [0.25, 0.3) is 0 Å². The van der Waals surface area contributed by atoms with Crippen LogP contribution in [0.15, 0.2) is 42.5 Å². The Morgan fingerprint density at radius 2 is 1.60 bits per heavy atom. The van der Waals surface area contributed by atoms with Crippen LogP contribution in [0.4, 0.5) is 0 Å². The molecular formula is C16H16Cl3N. The molecule has 0 amide bonds. The first-order valence-corrected chi connectivity index (χ1v) is 7.55. The third kappa shape index (κ3) is 3.89. The zero-order valence-electron chi connectivity index (χ0n) is 11.1. The molecule has 2 unspecified atom stereocenters.